The van der Waals surface area contributed by atoms with Crippen LogP contribution in [0.25, 0.3) is 0 Å². The quantitative estimate of drug-likeness (QED) is 0.671. The van der Waals surface area contributed by atoms with Gasteiger partial charge in [-0.25, -0.2) is 0 Å². The topological polar surface area (TPSA) is 0 Å². The average Bonchev–Trinajstić information content (AvgIpc) is 2.31. The van der Waals surface area contributed by atoms with Crippen molar-refractivity contribution in [1.82, 2.24) is 0 Å². The zero-order valence-corrected chi connectivity index (χ0v) is 9.54. The molecule has 2 heteroatoms. The highest BCUT2D eigenvalue weighted by Crippen LogP contribution is 2.25. The maximum Gasteiger partial charge on any atom is 0.147 e. The van der Waals surface area contributed by atoms with Crippen molar-refractivity contribution >= 4 is 10.5 Å². The van der Waals surface area contributed by atoms with Crippen LogP contribution in [0.2, 0.25) is 0 Å². The number of rotatable bonds is 3. The van der Waals surface area contributed by atoms with Gasteiger partial charge in [-0.2, -0.15) is 0 Å². The molecule has 0 radical (unpaired) electrons. The summed E-state index contributed by atoms with van der Waals surface area (Å²) >= 11 is 0. The van der Waals surface area contributed by atoms with E-state index in [-0.39, 0.29) is 17.0 Å². The Kier molecular flexibility index (Phi) is 5.88. The lowest BCUT2D eigenvalue weighted by atomic mass is 10.4. The minimum atomic E-state index is 0. The largest absolute Gasteiger partial charge is 1.00 e. The molecule has 0 aromatic carbocycles. The summed E-state index contributed by atoms with van der Waals surface area (Å²) in [5.41, 5.74) is 0. The second-order valence-corrected chi connectivity index (χ2v) is 4.77. The summed E-state index contributed by atoms with van der Waals surface area (Å²) in [6.45, 7) is 4.49. The molecule has 0 aliphatic carbocycles. The lowest BCUT2D eigenvalue weighted by molar-refractivity contribution is -0.00000219. The van der Waals surface area contributed by atoms with Crippen LogP contribution >= 0.6 is 10.5 Å². The van der Waals surface area contributed by atoms with Gasteiger partial charge in [0.05, 0.1) is 0 Å². The second kappa shape index (κ2) is 5.78. The van der Waals surface area contributed by atoms with Crippen LogP contribution < -0.4 is 17.0 Å². The predicted molar refractivity (Wildman–Crippen MR) is 48.6 cm³/mol. The van der Waals surface area contributed by atoms with E-state index in [2.05, 4.69) is 31.4 Å². The Morgan fingerprint density at radius 1 is 1.45 bits per heavy atom. The number of thiophene rings is 1. The highest BCUT2D eigenvalue weighted by Gasteiger charge is 2.05. The van der Waals surface area contributed by atoms with Crippen molar-refractivity contribution in [2.45, 2.75) is 32.4 Å². The molecule has 11 heavy (non-hydrogen) atoms. The van der Waals surface area contributed by atoms with Crippen molar-refractivity contribution in [3.8, 4) is 0 Å². The Hall–Kier alpha value is 0.180. The molecule has 0 spiro atoms. The second-order valence-electron chi connectivity index (χ2n) is 2.59. The van der Waals surface area contributed by atoms with Crippen molar-refractivity contribution in [3.05, 3.63) is 22.4 Å². The summed E-state index contributed by atoms with van der Waals surface area (Å²) < 4.78 is 0. The fourth-order valence-electron chi connectivity index (χ4n) is 0.993. The Morgan fingerprint density at radius 3 is 2.64 bits per heavy atom. The number of hydrogen-bond donors (Lipinski definition) is 0. The molecule has 1 aromatic heterocycles. The molecule has 0 N–H and O–H groups in total. The van der Waals surface area contributed by atoms with Crippen LogP contribution in [0.3, 0.4) is 0 Å². The summed E-state index contributed by atoms with van der Waals surface area (Å²) in [4.78, 5) is 1.56. The molecule has 0 fully saturated rings. The molecule has 0 saturated heterocycles. The monoisotopic (exact) mass is 234 g/mol. The smallest absolute Gasteiger partial charge is 0.147 e. The third kappa shape index (κ3) is 3.39. The van der Waals surface area contributed by atoms with Crippen LogP contribution in [0.15, 0.2) is 17.5 Å². The maximum atomic E-state index is 2.34. The number of unbranched alkanes of at least 4 members (excludes halogenated alkanes) is 1. The minimum absolute atomic E-state index is 0. The third-order valence-electron chi connectivity index (χ3n) is 1.71. The van der Waals surface area contributed by atoms with Gasteiger partial charge < -0.3 is 17.0 Å². The fraction of sp³-hybridized carbons (Fsp3) is 0.556. The van der Waals surface area contributed by atoms with Crippen LogP contribution in [0, 0.1) is 6.92 Å². The maximum absolute atomic E-state index is 2.34. The molecule has 0 nitrogen and oxygen atoms in total. The van der Waals surface area contributed by atoms with Gasteiger partial charge in [0.25, 0.3) is 0 Å². The van der Waals surface area contributed by atoms with Gasteiger partial charge in [0.15, 0.2) is 0 Å². The van der Waals surface area contributed by atoms with Crippen LogP contribution in [-0.4, -0.2) is 0 Å². The van der Waals surface area contributed by atoms with Gasteiger partial charge >= 0.3 is 0 Å². The Bertz CT molecular complexity index is 193. The van der Waals surface area contributed by atoms with Gasteiger partial charge in [-0.1, -0.05) is 13.3 Å². The molecular formula is C9H15BrS. The summed E-state index contributed by atoms with van der Waals surface area (Å²) in [5.74, 6) is 1.37. The zero-order valence-electron chi connectivity index (χ0n) is 7.14. The Morgan fingerprint density at radius 2 is 2.18 bits per heavy atom. The fourth-order valence-corrected chi connectivity index (χ4v) is 2.79. The van der Waals surface area contributed by atoms with Gasteiger partial charge in [-0.3, -0.25) is 0 Å². The number of halogens is 1. The molecule has 1 rings (SSSR count). The van der Waals surface area contributed by atoms with Crippen molar-refractivity contribution in [3.63, 3.8) is 0 Å². The van der Waals surface area contributed by atoms with E-state index in [1.165, 1.54) is 18.6 Å². The lowest BCUT2D eigenvalue weighted by Gasteiger charge is -1.87. The molecule has 1 unspecified atom stereocenters. The van der Waals surface area contributed by atoms with Crippen molar-refractivity contribution in [2.75, 3.05) is 0 Å². The first kappa shape index (κ1) is 11.2. The summed E-state index contributed by atoms with van der Waals surface area (Å²) in [7, 11) is 0.509. The van der Waals surface area contributed by atoms with E-state index >= 15 is 0 Å². The molecule has 64 valence electrons. The van der Waals surface area contributed by atoms with Crippen molar-refractivity contribution in [1.29, 1.82) is 0 Å². The van der Waals surface area contributed by atoms with Gasteiger partial charge in [0, 0.05) is 6.92 Å². The third-order valence-corrected chi connectivity index (χ3v) is 3.88. The van der Waals surface area contributed by atoms with Crippen LogP contribution in [-0.2, 0) is 5.75 Å². The normalized spacial score (nSPS) is 10.9. The first-order valence-corrected chi connectivity index (χ1v) is 5.35. The van der Waals surface area contributed by atoms with E-state index in [1.807, 2.05) is 0 Å². The molecule has 1 heterocycles. The van der Waals surface area contributed by atoms with E-state index in [0.717, 1.165) is 0 Å². The highest BCUT2D eigenvalue weighted by atomic mass is 79.9. The number of hydrogen-bond acceptors (Lipinski definition) is 0. The first-order valence-electron chi connectivity index (χ1n) is 3.89. The molecule has 0 bridgehead atoms. The molecule has 1 atom stereocenters. The van der Waals surface area contributed by atoms with Crippen molar-refractivity contribution in [2.24, 2.45) is 0 Å². The van der Waals surface area contributed by atoms with E-state index in [1.54, 1.807) is 4.88 Å². The van der Waals surface area contributed by atoms with Crippen LogP contribution in [0.4, 0.5) is 0 Å². The Balaban J connectivity index is 0.000001000. The average molecular weight is 235 g/mol. The van der Waals surface area contributed by atoms with E-state index in [0.29, 0.717) is 10.5 Å². The Labute approximate surface area is 82.4 Å². The molecule has 0 saturated carbocycles. The SMILES string of the molecule is CCCC[s+]1cccc1C.[Br-]. The van der Waals surface area contributed by atoms with E-state index in [4.69, 9.17) is 0 Å². The standard InChI is InChI=1S/C9H15S.BrH/c1-3-4-7-10-8-5-6-9(10)2;/h5-6,8H,3-4,7H2,1-2H3;1H/q+1;/p-1. The van der Waals surface area contributed by atoms with Crippen LogP contribution in [0.1, 0.15) is 24.6 Å². The lowest BCUT2D eigenvalue weighted by Crippen LogP contribution is -3.00. The molecule has 0 aliphatic heterocycles. The highest BCUT2D eigenvalue weighted by molar-refractivity contribution is 7.29. The van der Waals surface area contributed by atoms with E-state index in [9.17, 15) is 0 Å². The molecular weight excluding hydrogens is 220 g/mol. The summed E-state index contributed by atoms with van der Waals surface area (Å²) in [5, 5.41) is 2.34. The molecule has 0 aliphatic rings. The number of aryl methyl sites for hydroxylation is 2. The van der Waals surface area contributed by atoms with Gasteiger partial charge in [-0.05, 0) is 29.0 Å². The molecule has 1 aromatic rings. The van der Waals surface area contributed by atoms with Crippen LogP contribution in [0.5, 0.6) is 0 Å². The van der Waals surface area contributed by atoms with Gasteiger partial charge in [-0.15, -0.1) is 0 Å². The van der Waals surface area contributed by atoms with Crippen molar-refractivity contribution < 1.29 is 17.0 Å². The van der Waals surface area contributed by atoms with E-state index < -0.39 is 0 Å². The van der Waals surface area contributed by atoms with Gasteiger partial charge in [0.1, 0.15) is 16.0 Å². The zero-order chi connectivity index (χ0) is 7.40. The first-order chi connectivity index (χ1) is 4.84. The van der Waals surface area contributed by atoms with Gasteiger partial charge in [0.2, 0.25) is 0 Å². The summed E-state index contributed by atoms with van der Waals surface area (Å²) in [6.07, 6.45) is 2.70. The molecule has 0 amide bonds. The summed E-state index contributed by atoms with van der Waals surface area (Å²) in [6, 6.07) is 4.42. The predicted octanol–water partition coefficient (Wildman–Crippen LogP) is 0.548. The minimum Gasteiger partial charge on any atom is -1.00 e.